The van der Waals surface area contributed by atoms with Crippen LogP contribution in [0, 0.1) is 0 Å². The van der Waals surface area contributed by atoms with Crippen LogP contribution in [0.1, 0.15) is 12.1 Å². The van der Waals surface area contributed by atoms with Crippen LogP contribution in [0.15, 0.2) is 41.6 Å². The minimum Gasteiger partial charge on any atom is -0.477 e. The van der Waals surface area contributed by atoms with Gasteiger partial charge in [-0.3, -0.25) is 4.98 Å². The lowest BCUT2D eigenvalue weighted by molar-refractivity contribution is 0.291. The molecule has 0 aliphatic rings. The van der Waals surface area contributed by atoms with Crippen LogP contribution in [0.3, 0.4) is 0 Å². The number of rotatable bonds is 5. The van der Waals surface area contributed by atoms with Crippen molar-refractivity contribution in [3.8, 4) is 5.88 Å². The topological polar surface area (TPSA) is 104 Å². The highest BCUT2D eigenvalue weighted by Crippen LogP contribution is 2.03. The van der Waals surface area contributed by atoms with Crippen molar-refractivity contribution in [3.05, 3.63) is 47.7 Å². The van der Waals surface area contributed by atoms with Crippen LogP contribution in [-0.4, -0.2) is 21.5 Å². The third kappa shape index (κ3) is 3.70. The molecule has 0 atom stereocenters. The van der Waals surface area contributed by atoms with E-state index in [4.69, 9.17) is 16.4 Å². The average molecular weight is 260 g/mol. The maximum atomic E-state index is 5.57. The highest BCUT2D eigenvalue weighted by Gasteiger charge is 1.99. The Hall–Kier alpha value is -2.57. The van der Waals surface area contributed by atoms with Crippen LogP contribution in [0.25, 0.3) is 0 Å². The molecule has 0 aliphatic heterocycles. The van der Waals surface area contributed by atoms with E-state index in [1.807, 2.05) is 18.2 Å². The summed E-state index contributed by atoms with van der Waals surface area (Å²) in [7, 11) is 0. The van der Waals surface area contributed by atoms with Gasteiger partial charge in [-0.15, -0.1) is 5.10 Å². The van der Waals surface area contributed by atoms with E-state index >= 15 is 0 Å². The number of aryl methyl sites for hydroxylation is 1. The summed E-state index contributed by atoms with van der Waals surface area (Å²) in [6, 6.07) is 9.17. The van der Waals surface area contributed by atoms with Gasteiger partial charge in [0.15, 0.2) is 5.49 Å². The van der Waals surface area contributed by atoms with Crippen LogP contribution in [-0.2, 0) is 6.42 Å². The van der Waals surface area contributed by atoms with E-state index in [0.29, 0.717) is 18.0 Å². The fourth-order valence-electron chi connectivity index (χ4n) is 1.57. The maximum Gasteiger partial charge on any atom is 0.233 e. The highest BCUT2D eigenvalue weighted by molar-refractivity contribution is 5.06. The molecule has 2 rings (SSSR count). The highest BCUT2D eigenvalue weighted by atomic mass is 16.5. The van der Waals surface area contributed by atoms with Gasteiger partial charge in [0.2, 0.25) is 5.88 Å². The molecule has 0 radical (unpaired) electrons. The lowest BCUT2D eigenvalue weighted by Gasteiger charge is -2.06. The molecule has 0 amide bonds. The van der Waals surface area contributed by atoms with Gasteiger partial charge in [-0.2, -0.15) is 9.89 Å². The lowest BCUT2D eigenvalue weighted by Crippen LogP contribution is -2.31. The molecule has 0 aromatic carbocycles. The fraction of sp³-hybridized carbons (Fsp3) is 0.250. The predicted octanol–water partition coefficient (Wildman–Crippen LogP) is -0.222. The molecule has 0 bridgehead atoms. The first-order valence-electron chi connectivity index (χ1n) is 5.91. The Morgan fingerprint density at radius 1 is 1.26 bits per heavy atom. The molecule has 0 saturated carbocycles. The summed E-state index contributed by atoms with van der Waals surface area (Å²) in [4.78, 5) is 5.32. The van der Waals surface area contributed by atoms with Gasteiger partial charge in [0.1, 0.15) is 0 Å². The second kappa shape index (κ2) is 6.39. The second-order valence-electron chi connectivity index (χ2n) is 3.88. The van der Waals surface area contributed by atoms with Crippen molar-refractivity contribution >= 4 is 0 Å². The third-order valence-electron chi connectivity index (χ3n) is 2.50. The number of pyridine rings is 1. The summed E-state index contributed by atoms with van der Waals surface area (Å²) in [5.74, 6) is 11.1. The second-order valence-corrected chi connectivity index (χ2v) is 3.88. The Bertz CT molecular complexity index is 580. The third-order valence-corrected chi connectivity index (χ3v) is 2.50. The minimum absolute atomic E-state index is 0.376. The van der Waals surface area contributed by atoms with Gasteiger partial charge in [-0.05, 0) is 31.0 Å². The number of hydrogen-bond acceptors (Lipinski definition) is 6. The Morgan fingerprint density at radius 3 is 2.84 bits per heavy atom. The normalized spacial score (nSPS) is 11.5. The summed E-state index contributed by atoms with van der Waals surface area (Å²) < 4.78 is 5.49. The van der Waals surface area contributed by atoms with E-state index in [0.717, 1.165) is 23.3 Å². The molecular formula is C12H16N6O. The molecule has 0 unspecified atom stereocenters. The van der Waals surface area contributed by atoms with Crippen LogP contribution in [0.5, 0.6) is 5.88 Å². The molecule has 2 aromatic rings. The first-order chi connectivity index (χ1) is 9.29. The van der Waals surface area contributed by atoms with E-state index in [2.05, 4.69) is 15.2 Å². The molecule has 7 nitrogen and oxygen atoms in total. The summed E-state index contributed by atoms with van der Waals surface area (Å²) in [6.45, 7) is 0.544. The smallest absolute Gasteiger partial charge is 0.233 e. The summed E-state index contributed by atoms with van der Waals surface area (Å²) in [5, 5.41) is 7.43. The van der Waals surface area contributed by atoms with E-state index in [1.54, 1.807) is 18.3 Å². The fourth-order valence-corrected chi connectivity index (χ4v) is 1.57. The molecule has 7 heteroatoms. The van der Waals surface area contributed by atoms with E-state index in [9.17, 15) is 0 Å². The molecule has 19 heavy (non-hydrogen) atoms. The monoisotopic (exact) mass is 260 g/mol. The van der Waals surface area contributed by atoms with Crippen molar-refractivity contribution in [3.63, 3.8) is 0 Å². The standard InChI is InChI=1S/C12H16N6O/c13-16-11-6-7-12(17-18(11)14)19-9-3-5-10-4-1-2-8-15-10/h1-2,4,6-8H,3,5,9,13-14H2/b16-11-. The van der Waals surface area contributed by atoms with E-state index in [-0.39, 0.29) is 0 Å². The molecule has 2 heterocycles. The number of nitrogens with zero attached hydrogens (tertiary/aromatic N) is 4. The number of nitrogen functional groups attached to an aromatic ring is 1. The van der Waals surface area contributed by atoms with Crippen molar-refractivity contribution in [2.75, 3.05) is 12.4 Å². The van der Waals surface area contributed by atoms with Crippen molar-refractivity contribution in [2.45, 2.75) is 12.8 Å². The van der Waals surface area contributed by atoms with Crippen molar-refractivity contribution < 1.29 is 4.74 Å². The molecular weight excluding hydrogens is 244 g/mol. The van der Waals surface area contributed by atoms with Gasteiger partial charge in [0, 0.05) is 18.0 Å². The average Bonchev–Trinajstić information content (AvgIpc) is 2.45. The summed E-state index contributed by atoms with van der Waals surface area (Å²) in [5.41, 5.74) is 1.42. The zero-order valence-electron chi connectivity index (χ0n) is 10.4. The Kier molecular flexibility index (Phi) is 4.33. The zero-order chi connectivity index (χ0) is 13.5. The van der Waals surface area contributed by atoms with Gasteiger partial charge < -0.3 is 16.4 Å². The molecule has 2 aromatic heterocycles. The number of ether oxygens (including phenoxy) is 1. The van der Waals surface area contributed by atoms with E-state index < -0.39 is 0 Å². The quantitative estimate of drug-likeness (QED) is 0.439. The van der Waals surface area contributed by atoms with Crippen LogP contribution < -0.4 is 21.9 Å². The molecule has 0 aliphatic carbocycles. The van der Waals surface area contributed by atoms with Gasteiger partial charge in [-0.25, -0.2) is 0 Å². The Balaban J connectivity index is 1.81. The lowest BCUT2D eigenvalue weighted by atomic mass is 10.2. The zero-order valence-corrected chi connectivity index (χ0v) is 10.4. The van der Waals surface area contributed by atoms with Crippen LogP contribution >= 0.6 is 0 Å². The molecule has 0 saturated heterocycles. The van der Waals surface area contributed by atoms with Crippen LogP contribution in [0.2, 0.25) is 0 Å². The maximum absolute atomic E-state index is 5.57. The molecule has 4 N–H and O–H groups in total. The first kappa shape index (κ1) is 12.9. The van der Waals surface area contributed by atoms with Gasteiger partial charge in [0.05, 0.1) is 6.61 Å². The molecule has 0 fully saturated rings. The molecule has 100 valence electrons. The largest absolute Gasteiger partial charge is 0.477 e. The van der Waals surface area contributed by atoms with Crippen LogP contribution in [0.4, 0.5) is 0 Å². The van der Waals surface area contributed by atoms with Gasteiger partial charge >= 0.3 is 0 Å². The minimum atomic E-state index is 0.376. The Morgan fingerprint density at radius 2 is 2.16 bits per heavy atom. The number of hydrogen-bond donors (Lipinski definition) is 2. The summed E-state index contributed by atoms with van der Waals surface area (Å²) in [6.07, 6.45) is 3.50. The number of nitrogens with two attached hydrogens (primary N) is 2. The van der Waals surface area contributed by atoms with Crippen molar-refractivity contribution in [1.82, 2.24) is 14.9 Å². The van der Waals surface area contributed by atoms with E-state index in [1.165, 1.54) is 0 Å². The van der Waals surface area contributed by atoms with Gasteiger partial charge in [-0.1, -0.05) is 6.07 Å². The predicted molar refractivity (Wildman–Crippen MR) is 70.2 cm³/mol. The van der Waals surface area contributed by atoms with Crippen molar-refractivity contribution in [2.24, 2.45) is 10.9 Å². The summed E-state index contributed by atoms with van der Waals surface area (Å²) >= 11 is 0. The van der Waals surface area contributed by atoms with Gasteiger partial charge in [0.25, 0.3) is 0 Å². The van der Waals surface area contributed by atoms with Crippen molar-refractivity contribution in [1.29, 1.82) is 0 Å². The molecule has 0 spiro atoms. The SMILES string of the molecule is N/N=c1/ccc(OCCCc2ccccn2)nn1N. The number of aromatic nitrogens is 3. The Labute approximate surface area is 110 Å². The first-order valence-corrected chi connectivity index (χ1v) is 5.91.